The molecule has 0 saturated heterocycles. The third kappa shape index (κ3) is 5.83. The molecule has 3 N–H and O–H groups in total. The van der Waals surface area contributed by atoms with E-state index in [1.54, 1.807) is 25.3 Å². The largest absolute Gasteiger partial charge is 0.421 e. The first-order valence-electron chi connectivity index (χ1n) is 13.6. The first kappa shape index (κ1) is 28.4. The minimum absolute atomic E-state index is 0.00631. The fourth-order valence-corrected chi connectivity index (χ4v) is 4.65. The highest BCUT2D eigenvalue weighted by molar-refractivity contribution is 6.08. The molecule has 0 radical (unpaired) electrons. The Morgan fingerprint density at radius 3 is 2.52 bits per heavy atom. The Morgan fingerprint density at radius 2 is 1.83 bits per heavy atom. The number of amides is 1. The monoisotopic (exact) mass is 565 g/mol. The van der Waals surface area contributed by atoms with E-state index in [2.05, 4.69) is 39.1 Å². The number of hydrogen-bond acceptors (Lipinski definition) is 7. The summed E-state index contributed by atoms with van der Waals surface area (Å²) in [6.45, 7) is 7.83. The third-order valence-electron chi connectivity index (χ3n) is 6.86. The number of ether oxygens (including phenoxy) is 1. The van der Waals surface area contributed by atoms with Crippen molar-refractivity contribution in [3.05, 3.63) is 84.2 Å². The predicted octanol–water partition coefficient (Wildman–Crippen LogP) is 6.85. The van der Waals surface area contributed by atoms with Crippen LogP contribution in [0.15, 0.2) is 72.7 Å². The van der Waals surface area contributed by atoms with Gasteiger partial charge in [0.1, 0.15) is 17.8 Å². The van der Waals surface area contributed by atoms with Gasteiger partial charge in [0.05, 0.1) is 11.1 Å². The first-order chi connectivity index (χ1) is 20.1. The summed E-state index contributed by atoms with van der Waals surface area (Å²) in [6.07, 6.45) is 5.74. The van der Waals surface area contributed by atoms with Gasteiger partial charge < -0.3 is 20.4 Å². The number of rotatable bonds is 8. The van der Waals surface area contributed by atoms with E-state index in [-0.39, 0.29) is 23.5 Å². The zero-order valence-electron chi connectivity index (χ0n) is 24.1. The van der Waals surface area contributed by atoms with E-state index in [0.717, 1.165) is 17.7 Å². The van der Waals surface area contributed by atoms with E-state index in [0.29, 0.717) is 45.0 Å². The molecular weight excluding hydrogens is 533 g/mol. The zero-order valence-corrected chi connectivity index (χ0v) is 24.1. The van der Waals surface area contributed by atoms with Gasteiger partial charge in [-0.05, 0) is 67.6 Å². The quantitative estimate of drug-likeness (QED) is 0.198. The van der Waals surface area contributed by atoms with Gasteiger partial charge in [0.15, 0.2) is 11.6 Å². The molecule has 3 heterocycles. The van der Waals surface area contributed by atoms with Crippen LogP contribution in [0, 0.1) is 18.7 Å². The van der Waals surface area contributed by atoms with E-state index in [9.17, 15) is 4.79 Å². The number of carbonyl (C=O) groups is 1. The van der Waals surface area contributed by atoms with Crippen LogP contribution < -0.4 is 15.8 Å². The van der Waals surface area contributed by atoms with Crippen molar-refractivity contribution in [1.29, 1.82) is 0 Å². The van der Waals surface area contributed by atoms with E-state index in [1.165, 1.54) is 18.5 Å². The summed E-state index contributed by atoms with van der Waals surface area (Å²) < 4.78 is 22.9. The Kier molecular flexibility index (Phi) is 7.97. The summed E-state index contributed by atoms with van der Waals surface area (Å²) >= 11 is 0. The van der Waals surface area contributed by atoms with Gasteiger partial charge in [0.2, 0.25) is 0 Å². The number of aryl methyl sites for hydroxylation is 2. The summed E-state index contributed by atoms with van der Waals surface area (Å²) in [6, 6.07) is 13.9. The van der Waals surface area contributed by atoms with Crippen molar-refractivity contribution in [1.82, 2.24) is 24.5 Å². The lowest BCUT2D eigenvalue weighted by Gasteiger charge is -2.12. The second-order valence-corrected chi connectivity index (χ2v) is 10.5. The fourth-order valence-electron chi connectivity index (χ4n) is 4.65. The Balaban J connectivity index is 1.53. The summed E-state index contributed by atoms with van der Waals surface area (Å²) in [5, 5.41) is 3.55. The van der Waals surface area contributed by atoms with Crippen molar-refractivity contribution in [3.8, 4) is 34.1 Å². The molecule has 0 unspecified atom stereocenters. The Bertz CT molecular complexity index is 1810. The number of aromatic nitrogens is 5. The van der Waals surface area contributed by atoms with E-state index in [4.69, 9.17) is 10.5 Å². The van der Waals surface area contributed by atoms with E-state index in [1.807, 2.05) is 48.9 Å². The number of halogens is 1. The summed E-state index contributed by atoms with van der Waals surface area (Å²) in [4.78, 5) is 29.5. The molecule has 3 aromatic heterocycles. The highest BCUT2D eigenvalue weighted by atomic mass is 19.1. The molecule has 0 bridgehead atoms. The summed E-state index contributed by atoms with van der Waals surface area (Å²) in [7, 11) is 1.87. The number of nitrogens with one attached hydrogen (secondary N) is 1. The lowest BCUT2D eigenvalue weighted by Crippen LogP contribution is -2.12. The molecule has 214 valence electrons. The van der Waals surface area contributed by atoms with Crippen molar-refractivity contribution < 1.29 is 13.9 Å². The lowest BCUT2D eigenvalue weighted by molar-refractivity contribution is -0.112. The van der Waals surface area contributed by atoms with Crippen molar-refractivity contribution in [3.63, 3.8) is 0 Å². The maximum atomic E-state index is 15.4. The summed E-state index contributed by atoms with van der Waals surface area (Å²) in [5.74, 6) is 0.00658. The molecule has 42 heavy (non-hydrogen) atoms. The normalized spacial score (nSPS) is 11.7. The summed E-state index contributed by atoms with van der Waals surface area (Å²) in [5.41, 5.74) is 11.8. The molecule has 9 nitrogen and oxygen atoms in total. The third-order valence-corrected chi connectivity index (χ3v) is 6.86. The first-order valence-corrected chi connectivity index (χ1v) is 13.6. The lowest BCUT2D eigenvalue weighted by atomic mass is 9.98. The van der Waals surface area contributed by atoms with Crippen LogP contribution in [-0.2, 0) is 11.8 Å². The number of nitrogens with zero attached hydrogens (tertiary/aromatic N) is 5. The molecule has 10 heteroatoms. The maximum absolute atomic E-state index is 15.4. The predicted molar refractivity (Wildman–Crippen MR) is 162 cm³/mol. The van der Waals surface area contributed by atoms with Crippen molar-refractivity contribution >= 4 is 28.4 Å². The van der Waals surface area contributed by atoms with Gasteiger partial charge in [-0.1, -0.05) is 38.1 Å². The van der Waals surface area contributed by atoms with Crippen LogP contribution in [0.1, 0.15) is 32.9 Å². The van der Waals surface area contributed by atoms with Crippen molar-refractivity contribution in [2.24, 2.45) is 13.0 Å². The van der Waals surface area contributed by atoms with Gasteiger partial charge in [-0.15, -0.1) is 0 Å². The molecule has 0 fully saturated rings. The van der Waals surface area contributed by atoms with Gasteiger partial charge in [-0.3, -0.25) is 4.79 Å². The standard InChI is InChI=1S/C32H32FN7O2/c1-18(2)6-7-19(3)31(41)39-23-11-8-21(9-12-23)28-26(27-29(34)36-17-37-30(27)40(28)5)22-10-13-25(24(33)16-22)42-32-35-15-14-20(4)38-32/h7-18H,6H2,1-5H3,(H,39,41)(H2,34,36,37)/b19-7+. The molecule has 0 spiro atoms. The van der Waals surface area contributed by atoms with E-state index >= 15 is 4.39 Å². The maximum Gasteiger partial charge on any atom is 0.322 e. The van der Waals surface area contributed by atoms with Crippen LogP contribution in [0.25, 0.3) is 33.4 Å². The van der Waals surface area contributed by atoms with Crippen LogP contribution in [-0.4, -0.2) is 30.4 Å². The molecule has 0 atom stereocenters. The average molecular weight is 566 g/mol. The van der Waals surface area contributed by atoms with Crippen LogP contribution in [0.5, 0.6) is 11.8 Å². The Hall–Kier alpha value is -5.12. The van der Waals surface area contributed by atoms with Crippen molar-refractivity contribution in [2.45, 2.75) is 34.1 Å². The molecule has 5 aromatic rings. The minimum Gasteiger partial charge on any atom is -0.421 e. The second kappa shape index (κ2) is 11.8. The molecule has 0 saturated carbocycles. The van der Waals surface area contributed by atoms with Gasteiger partial charge in [-0.25, -0.2) is 24.3 Å². The zero-order chi connectivity index (χ0) is 30.0. The molecule has 0 aliphatic heterocycles. The number of hydrogen-bond donors (Lipinski definition) is 2. The van der Waals surface area contributed by atoms with Crippen molar-refractivity contribution in [2.75, 3.05) is 11.1 Å². The number of nitrogens with two attached hydrogens (primary N) is 1. The molecule has 2 aromatic carbocycles. The smallest absolute Gasteiger partial charge is 0.322 e. The number of benzene rings is 2. The van der Waals surface area contributed by atoms with Crippen LogP contribution in [0.3, 0.4) is 0 Å². The topological polar surface area (TPSA) is 121 Å². The highest BCUT2D eigenvalue weighted by Crippen LogP contribution is 2.42. The molecule has 0 aliphatic carbocycles. The Morgan fingerprint density at radius 1 is 1.10 bits per heavy atom. The fraction of sp³-hybridized carbons (Fsp3) is 0.219. The second-order valence-electron chi connectivity index (χ2n) is 10.5. The molecular formula is C32H32FN7O2. The molecule has 5 rings (SSSR count). The average Bonchev–Trinajstić information content (AvgIpc) is 3.26. The van der Waals surface area contributed by atoms with Crippen LogP contribution >= 0.6 is 0 Å². The number of carbonyl (C=O) groups excluding carboxylic acids is 1. The van der Waals surface area contributed by atoms with Gasteiger partial charge in [0.25, 0.3) is 5.91 Å². The van der Waals surface area contributed by atoms with E-state index < -0.39 is 5.82 Å². The van der Waals surface area contributed by atoms with Crippen LogP contribution in [0.2, 0.25) is 0 Å². The van der Waals surface area contributed by atoms with Gasteiger partial charge in [0, 0.05) is 35.8 Å². The van der Waals surface area contributed by atoms with Gasteiger partial charge >= 0.3 is 6.01 Å². The molecule has 0 aliphatic rings. The minimum atomic E-state index is -0.588. The van der Waals surface area contributed by atoms with Gasteiger partial charge in [-0.2, -0.15) is 0 Å². The SMILES string of the molecule is C/C(=C\CC(C)C)C(=O)Nc1ccc(-c2c(-c3ccc(Oc4nccc(C)n4)c(F)c3)c3c(N)ncnc3n2C)cc1. The highest BCUT2D eigenvalue weighted by Gasteiger charge is 2.23. The number of nitrogen functional groups attached to an aromatic ring is 1. The number of allylic oxidation sites excluding steroid dienone is 1. The molecule has 1 amide bonds. The Labute approximate surface area is 243 Å². The van der Waals surface area contributed by atoms with Crippen LogP contribution in [0.4, 0.5) is 15.9 Å². The number of anilines is 2. The number of fused-ring (bicyclic) bond motifs is 1.